The number of hydrogen-bond acceptors (Lipinski definition) is 6. The zero-order valence-corrected chi connectivity index (χ0v) is 12.0. The van der Waals surface area contributed by atoms with Gasteiger partial charge in [0.15, 0.2) is 0 Å². The van der Waals surface area contributed by atoms with E-state index in [4.69, 9.17) is 19.2 Å². The lowest BCUT2D eigenvalue weighted by Crippen LogP contribution is -2.24. The Hall–Kier alpha value is -2.83. The third-order valence-electron chi connectivity index (χ3n) is 2.74. The van der Waals surface area contributed by atoms with Crippen LogP contribution in [0.25, 0.3) is 0 Å². The predicted molar refractivity (Wildman–Crippen MR) is 86.4 cm³/mol. The molecule has 2 aromatic heterocycles. The Balaban J connectivity index is 2.76. The minimum absolute atomic E-state index is 0.0769. The highest BCUT2D eigenvalue weighted by atomic mass is 19.4. The van der Waals surface area contributed by atoms with Crippen LogP contribution in [0.15, 0.2) is 12.4 Å². The summed E-state index contributed by atoms with van der Waals surface area (Å²) in [6, 6.07) is 1.14. The summed E-state index contributed by atoms with van der Waals surface area (Å²) in [6.07, 6.45) is -4.58. The maximum atomic E-state index is 13.5. The highest BCUT2D eigenvalue weighted by Gasteiger charge is 2.35. The van der Waals surface area contributed by atoms with Gasteiger partial charge >= 0.3 is 6.18 Å². The van der Waals surface area contributed by atoms with E-state index in [1.807, 2.05) is 0 Å². The molecule has 0 bridgehead atoms. The Labute approximate surface area is 162 Å². The van der Waals surface area contributed by atoms with Gasteiger partial charge in [-0.25, -0.2) is 4.98 Å². The molecule has 0 amide bonds. The van der Waals surface area contributed by atoms with Crippen molar-refractivity contribution in [2.75, 3.05) is 17.1 Å². The van der Waals surface area contributed by atoms with Gasteiger partial charge in [0.2, 0.25) is 5.95 Å². The summed E-state index contributed by atoms with van der Waals surface area (Å²) in [4.78, 5) is 6.75. The van der Waals surface area contributed by atoms with Crippen molar-refractivity contribution < 1.29 is 32.4 Å². The molecule has 0 unspecified atom stereocenters. The first-order valence-corrected chi connectivity index (χ1v) is 6.20. The summed E-state index contributed by atoms with van der Waals surface area (Å²) in [7, 11) is 0. The van der Waals surface area contributed by atoms with E-state index < -0.39 is 74.3 Å². The first-order chi connectivity index (χ1) is 17.2. The van der Waals surface area contributed by atoms with Gasteiger partial charge in [-0.1, -0.05) is 0 Å². The largest absolute Gasteiger partial charge is 0.421 e. The highest BCUT2D eigenvalue weighted by Crippen LogP contribution is 2.34. The number of halogens is 3. The topological polar surface area (TPSA) is 91.5 Å². The SMILES string of the molecule is [2H]C([2H])([2H])c1nn(C(C#N)(C([2H])([2H])[2H])C([2H])([2H])[2H])cc1Nc1ncc(C(F)(F)F)c(NC([2H])([2H])C([2H])([2H])[2H])n1. The molecule has 10 heteroatoms. The molecule has 25 heavy (non-hydrogen) atoms. The fraction of sp³-hybridized carbons (Fsp3) is 0.467. The van der Waals surface area contributed by atoms with Crippen molar-refractivity contribution in [1.29, 1.82) is 5.26 Å². The average Bonchev–Trinajstić information content (AvgIpc) is 3.08. The number of nitriles is 1. The molecule has 0 spiro atoms. The standard InChI is InChI=1S/C15H18F3N7/c1-5-20-12-10(15(16,17)18)6-21-13(23-12)22-11-7-25(24-9(11)2)14(3,4)8-19/h6-7H,5H2,1-4H3,(H2,20,21,22,23)/i1D3,2D3,3D3,4D3,5D2. The number of aromatic nitrogens is 4. The van der Waals surface area contributed by atoms with Crippen LogP contribution in [0.4, 0.5) is 30.6 Å². The van der Waals surface area contributed by atoms with Gasteiger partial charge in [-0.2, -0.15) is 28.5 Å². The quantitative estimate of drug-likeness (QED) is 0.841. The lowest BCUT2D eigenvalue weighted by Gasteiger charge is -2.15. The van der Waals surface area contributed by atoms with Crippen molar-refractivity contribution in [3.8, 4) is 6.07 Å². The first kappa shape index (κ1) is 7.19. The minimum Gasteiger partial charge on any atom is -0.370 e. The molecule has 7 nitrogen and oxygen atoms in total. The lowest BCUT2D eigenvalue weighted by molar-refractivity contribution is -0.137. The van der Waals surface area contributed by atoms with Crippen molar-refractivity contribution in [3.05, 3.63) is 23.7 Å². The summed E-state index contributed by atoms with van der Waals surface area (Å²) in [6.45, 7) is -17.3. The first-order valence-electron chi connectivity index (χ1n) is 13.2. The number of aryl methyl sites for hydroxylation is 1. The van der Waals surface area contributed by atoms with Gasteiger partial charge in [0, 0.05) is 31.9 Å². The Bertz CT molecular complexity index is 1240. The van der Waals surface area contributed by atoms with Crippen LogP contribution in [0, 0.1) is 18.2 Å². The number of anilines is 3. The van der Waals surface area contributed by atoms with Gasteiger partial charge in [-0.3, -0.25) is 4.68 Å². The molecule has 0 aliphatic carbocycles. The van der Waals surface area contributed by atoms with Gasteiger partial charge in [-0.15, -0.1) is 0 Å². The van der Waals surface area contributed by atoms with Crippen molar-refractivity contribution in [2.45, 2.75) is 39.1 Å². The van der Waals surface area contributed by atoms with E-state index in [2.05, 4.69) is 20.4 Å². The molecule has 0 atom stereocenters. The number of nitrogens with one attached hydrogen (secondary N) is 2. The van der Waals surface area contributed by atoms with Gasteiger partial charge < -0.3 is 10.6 Å². The van der Waals surface area contributed by atoms with Crippen LogP contribution < -0.4 is 10.6 Å². The Morgan fingerprint density at radius 3 is 2.84 bits per heavy atom. The van der Waals surface area contributed by atoms with Gasteiger partial charge in [0.05, 0.1) is 23.6 Å². The Kier molecular flexibility index (Phi) is 1.89. The summed E-state index contributed by atoms with van der Waals surface area (Å²) in [5.74, 6) is -2.25. The Morgan fingerprint density at radius 2 is 2.24 bits per heavy atom. The number of hydrogen-bond donors (Lipinski definition) is 2. The molecule has 2 rings (SSSR count). The van der Waals surface area contributed by atoms with E-state index in [0.717, 1.165) is 6.07 Å². The van der Waals surface area contributed by atoms with Crippen LogP contribution in [-0.4, -0.2) is 26.2 Å². The normalized spacial score (nSPS) is 22.8. The van der Waals surface area contributed by atoms with E-state index in [-0.39, 0.29) is 10.9 Å². The van der Waals surface area contributed by atoms with Crippen molar-refractivity contribution >= 4 is 17.5 Å². The van der Waals surface area contributed by atoms with E-state index in [1.165, 1.54) is 5.32 Å². The number of rotatable bonds is 5. The second-order valence-electron chi connectivity index (χ2n) is 4.49. The third kappa shape index (κ3) is 3.99. The molecule has 0 aliphatic heterocycles. The molecule has 134 valence electrons. The summed E-state index contributed by atoms with van der Waals surface area (Å²) in [5, 5.41) is 16.7. The van der Waals surface area contributed by atoms with Crippen LogP contribution >= 0.6 is 0 Å². The van der Waals surface area contributed by atoms with Gasteiger partial charge in [-0.05, 0) is 27.4 Å². The van der Waals surface area contributed by atoms with E-state index in [9.17, 15) is 18.4 Å². The second kappa shape index (κ2) is 6.58. The van der Waals surface area contributed by atoms with Gasteiger partial charge in [0.25, 0.3) is 0 Å². The van der Waals surface area contributed by atoms with Crippen molar-refractivity contribution in [1.82, 2.24) is 19.7 Å². The molecule has 2 N–H and O–H groups in total. The lowest BCUT2D eigenvalue weighted by atomic mass is 10.1. The molecule has 0 aromatic carbocycles. The maximum absolute atomic E-state index is 13.5. The zero-order chi connectivity index (χ0) is 30.6. The van der Waals surface area contributed by atoms with Crippen LogP contribution in [0.3, 0.4) is 0 Å². The highest BCUT2D eigenvalue weighted by molar-refractivity contribution is 5.58. The number of nitrogens with zero attached hydrogens (tertiary/aromatic N) is 5. The minimum atomic E-state index is -5.20. The fourth-order valence-corrected chi connectivity index (χ4v) is 1.61. The zero-order valence-electron chi connectivity index (χ0n) is 26.0. The summed E-state index contributed by atoms with van der Waals surface area (Å²) < 4.78 is 146. The fourth-order valence-electron chi connectivity index (χ4n) is 1.61. The number of alkyl halides is 3. The summed E-state index contributed by atoms with van der Waals surface area (Å²) >= 11 is 0. The molecule has 0 aliphatic rings. The van der Waals surface area contributed by atoms with Crippen LogP contribution in [0.2, 0.25) is 0 Å². The molecular weight excluding hydrogens is 335 g/mol. The molecule has 0 saturated carbocycles. The van der Waals surface area contributed by atoms with Crippen LogP contribution in [0.5, 0.6) is 0 Å². The van der Waals surface area contributed by atoms with Crippen LogP contribution in [-0.2, 0) is 11.7 Å². The van der Waals surface area contributed by atoms with E-state index >= 15 is 0 Å². The van der Waals surface area contributed by atoms with E-state index in [1.54, 1.807) is 0 Å². The van der Waals surface area contributed by atoms with Crippen molar-refractivity contribution in [2.24, 2.45) is 0 Å². The summed E-state index contributed by atoms with van der Waals surface area (Å²) in [5.41, 5.74) is -6.86. The maximum Gasteiger partial charge on any atom is 0.421 e. The van der Waals surface area contributed by atoms with Crippen LogP contribution in [0.1, 0.15) is 51.0 Å². The average molecular weight is 367 g/mol. The van der Waals surface area contributed by atoms with Crippen molar-refractivity contribution in [3.63, 3.8) is 0 Å². The Morgan fingerprint density at radius 1 is 1.44 bits per heavy atom. The predicted octanol–water partition coefficient (Wildman–Crippen LogP) is 3.43. The molecular formula is C15H18F3N7. The molecule has 0 saturated heterocycles. The third-order valence-corrected chi connectivity index (χ3v) is 2.74. The van der Waals surface area contributed by atoms with E-state index in [0.29, 0.717) is 6.20 Å². The molecule has 2 aromatic rings. The monoisotopic (exact) mass is 367 g/mol. The molecule has 0 fully saturated rings. The smallest absolute Gasteiger partial charge is 0.370 e. The second-order valence-corrected chi connectivity index (χ2v) is 4.49. The van der Waals surface area contributed by atoms with Gasteiger partial charge in [0.1, 0.15) is 16.9 Å². The molecule has 2 heterocycles. The molecule has 0 radical (unpaired) electrons.